The number of ether oxygens (including phenoxy) is 1. The summed E-state index contributed by atoms with van der Waals surface area (Å²) in [6.45, 7) is 4.26. The molecule has 78 valence electrons. The highest BCUT2D eigenvalue weighted by Crippen LogP contribution is 2.26. The van der Waals surface area contributed by atoms with Crippen molar-refractivity contribution < 1.29 is 14.6 Å². The summed E-state index contributed by atoms with van der Waals surface area (Å²) >= 11 is 1.51. The fraction of sp³-hybridized carbons (Fsp3) is 0.875. The Morgan fingerprint density at radius 3 is 2.62 bits per heavy atom. The normalized spacial score (nSPS) is 14.2. The summed E-state index contributed by atoms with van der Waals surface area (Å²) in [6, 6.07) is -0.839. The predicted octanol–water partition coefficient (Wildman–Crippen LogP) is 0.556. The Morgan fingerprint density at radius 2 is 2.23 bits per heavy atom. The number of methoxy groups -OCH3 is 1. The van der Waals surface area contributed by atoms with Crippen molar-refractivity contribution >= 4 is 17.7 Å². The summed E-state index contributed by atoms with van der Waals surface area (Å²) in [6.07, 6.45) is 0. The van der Waals surface area contributed by atoms with E-state index in [1.807, 2.05) is 13.8 Å². The molecule has 0 heterocycles. The van der Waals surface area contributed by atoms with Crippen molar-refractivity contribution in [2.75, 3.05) is 19.5 Å². The van der Waals surface area contributed by atoms with Gasteiger partial charge in [0.2, 0.25) is 0 Å². The van der Waals surface area contributed by atoms with Gasteiger partial charge in [-0.1, -0.05) is 0 Å². The SMILES string of the molecule is COCCSC(C)(C)[C@H](N)C(=O)O. The van der Waals surface area contributed by atoms with Gasteiger partial charge in [-0.2, -0.15) is 11.8 Å². The van der Waals surface area contributed by atoms with E-state index in [0.717, 1.165) is 5.75 Å². The zero-order valence-electron chi connectivity index (χ0n) is 8.24. The van der Waals surface area contributed by atoms with Crippen LogP contribution in [0.2, 0.25) is 0 Å². The fourth-order valence-electron chi connectivity index (χ4n) is 0.775. The monoisotopic (exact) mass is 207 g/mol. The summed E-state index contributed by atoms with van der Waals surface area (Å²) in [5.74, 6) is -0.209. The van der Waals surface area contributed by atoms with Crippen molar-refractivity contribution in [3.8, 4) is 0 Å². The lowest BCUT2D eigenvalue weighted by Crippen LogP contribution is -2.47. The van der Waals surface area contributed by atoms with E-state index in [1.165, 1.54) is 11.8 Å². The molecule has 0 unspecified atom stereocenters. The number of thioether (sulfide) groups is 1. The van der Waals surface area contributed by atoms with E-state index in [-0.39, 0.29) is 0 Å². The first-order valence-electron chi connectivity index (χ1n) is 4.03. The van der Waals surface area contributed by atoms with E-state index < -0.39 is 16.8 Å². The summed E-state index contributed by atoms with van der Waals surface area (Å²) in [5.41, 5.74) is 5.52. The average Bonchev–Trinajstić information content (AvgIpc) is 2.03. The Hall–Kier alpha value is -0.260. The van der Waals surface area contributed by atoms with Crippen molar-refractivity contribution in [3.05, 3.63) is 0 Å². The van der Waals surface area contributed by atoms with Gasteiger partial charge >= 0.3 is 5.97 Å². The number of carboxylic acids is 1. The summed E-state index contributed by atoms with van der Waals surface area (Å²) in [7, 11) is 1.62. The van der Waals surface area contributed by atoms with Crippen LogP contribution in [0.15, 0.2) is 0 Å². The third kappa shape index (κ3) is 4.50. The molecular formula is C8H17NO3S. The zero-order valence-corrected chi connectivity index (χ0v) is 9.06. The van der Waals surface area contributed by atoms with Gasteiger partial charge in [0.05, 0.1) is 6.61 Å². The molecule has 0 aliphatic rings. The molecule has 0 amide bonds. The molecule has 0 spiro atoms. The number of carbonyl (C=O) groups is 1. The quantitative estimate of drug-likeness (QED) is 0.622. The highest BCUT2D eigenvalue weighted by Gasteiger charge is 2.32. The molecule has 0 saturated heterocycles. The number of rotatable bonds is 6. The fourth-order valence-corrected chi connectivity index (χ4v) is 1.83. The molecule has 0 aliphatic carbocycles. The van der Waals surface area contributed by atoms with Gasteiger partial charge in [0, 0.05) is 17.6 Å². The molecule has 0 bridgehead atoms. The lowest BCUT2D eigenvalue weighted by Gasteiger charge is -2.27. The van der Waals surface area contributed by atoms with Crippen LogP contribution in [0.25, 0.3) is 0 Å². The summed E-state index contributed by atoms with van der Waals surface area (Å²) in [5, 5.41) is 8.70. The Balaban J connectivity index is 3.98. The number of nitrogens with two attached hydrogens (primary N) is 1. The molecule has 0 aliphatic heterocycles. The van der Waals surface area contributed by atoms with Crippen LogP contribution in [-0.4, -0.2) is 41.3 Å². The van der Waals surface area contributed by atoms with Crippen molar-refractivity contribution in [1.82, 2.24) is 0 Å². The molecule has 0 fully saturated rings. The Bertz CT molecular complexity index is 173. The van der Waals surface area contributed by atoms with Gasteiger partial charge in [-0.05, 0) is 13.8 Å². The topological polar surface area (TPSA) is 72.5 Å². The van der Waals surface area contributed by atoms with Crippen LogP contribution < -0.4 is 5.73 Å². The minimum atomic E-state index is -0.963. The van der Waals surface area contributed by atoms with E-state index in [2.05, 4.69) is 0 Å². The molecule has 0 aromatic carbocycles. The Kier molecular flexibility index (Phi) is 5.36. The molecule has 4 nitrogen and oxygen atoms in total. The minimum Gasteiger partial charge on any atom is -0.480 e. The second kappa shape index (κ2) is 5.47. The Labute approximate surface area is 82.8 Å². The highest BCUT2D eigenvalue weighted by atomic mass is 32.2. The average molecular weight is 207 g/mol. The van der Waals surface area contributed by atoms with Crippen molar-refractivity contribution in [1.29, 1.82) is 0 Å². The van der Waals surface area contributed by atoms with Gasteiger partial charge in [0.25, 0.3) is 0 Å². The highest BCUT2D eigenvalue weighted by molar-refractivity contribution is 8.00. The maximum Gasteiger partial charge on any atom is 0.321 e. The number of hydrogen-bond donors (Lipinski definition) is 2. The van der Waals surface area contributed by atoms with Gasteiger partial charge in [-0.3, -0.25) is 4.79 Å². The van der Waals surface area contributed by atoms with E-state index in [0.29, 0.717) is 6.61 Å². The first kappa shape index (κ1) is 12.7. The first-order chi connectivity index (χ1) is 5.91. The largest absolute Gasteiger partial charge is 0.480 e. The van der Waals surface area contributed by atoms with Crippen LogP contribution in [0, 0.1) is 0 Å². The van der Waals surface area contributed by atoms with E-state index in [1.54, 1.807) is 7.11 Å². The molecule has 3 N–H and O–H groups in total. The third-order valence-corrected chi connectivity index (χ3v) is 3.15. The van der Waals surface area contributed by atoms with E-state index >= 15 is 0 Å². The van der Waals surface area contributed by atoms with Gasteiger partial charge < -0.3 is 15.6 Å². The second-order valence-corrected chi connectivity index (χ2v) is 5.01. The molecule has 1 atom stereocenters. The van der Waals surface area contributed by atoms with Crippen molar-refractivity contribution in [3.63, 3.8) is 0 Å². The first-order valence-corrected chi connectivity index (χ1v) is 5.01. The third-order valence-electron chi connectivity index (χ3n) is 1.78. The Morgan fingerprint density at radius 1 is 1.69 bits per heavy atom. The molecule has 0 saturated carbocycles. The van der Waals surface area contributed by atoms with Crippen molar-refractivity contribution in [2.45, 2.75) is 24.6 Å². The molecule has 0 aromatic rings. The molecule has 13 heavy (non-hydrogen) atoms. The van der Waals surface area contributed by atoms with Gasteiger partial charge in [0.1, 0.15) is 6.04 Å². The lowest BCUT2D eigenvalue weighted by atomic mass is 10.1. The van der Waals surface area contributed by atoms with Crippen LogP contribution >= 0.6 is 11.8 Å². The van der Waals surface area contributed by atoms with E-state index in [9.17, 15) is 4.79 Å². The van der Waals surface area contributed by atoms with Crippen molar-refractivity contribution in [2.24, 2.45) is 5.73 Å². The molecule has 0 rings (SSSR count). The van der Waals surface area contributed by atoms with Gasteiger partial charge in [-0.25, -0.2) is 0 Å². The zero-order chi connectivity index (χ0) is 10.5. The molecule has 0 aromatic heterocycles. The second-order valence-electron chi connectivity index (χ2n) is 3.26. The van der Waals surface area contributed by atoms with Crippen LogP contribution in [-0.2, 0) is 9.53 Å². The number of aliphatic carboxylic acids is 1. The predicted molar refractivity (Wildman–Crippen MR) is 54.0 cm³/mol. The maximum atomic E-state index is 10.6. The van der Waals surface area contributed by atoms with Crippen LogP contribution in [0.4, 0.5) is 0 Å². The summed E-state index contributed by atoms with van der Waals surface area (Å²) in [4.78, 5) is 10.6. The summed E-state index contributed by atoms with van der Waals surface area (Å²) < 4.78 is 4.41. The smallest absolute Gasteiger partial charge is 0.321 e. The lowest BCUT2D eigenvalue weighted by molar-refractivity contribution is -0.139. The molecule has 0 radical (unpaired) electrons. The van der Waals surface area contributed by atoms with Gasteiger partial charge in [-0.15, -0.1) is 0 Å². The molecule has 5 heteroatoms. The van der Waals surface area contributed by atoms with Crippen LogP contribution in [0.3, 0.4) is 0 Å². The standard InChI is InChI=1S/C8H17NO3S/c1-8(2,6(9)7(10)11)13-5-4-12-3/h6H,4-5,9H2,1-3H3,(H,10,11)/t6-/m1/s1. The van der Waals surface area contributed by atoms with Crippen LogP contribution in [0.1, 0.15) is 13.8 Å². The molecular weight excluding hydrogens is 190 g/mol. The van der Waals surface area contributed by atoms with Crippen LogP contribution in [0.5, 0.6) is 0 Å². The maximum absolute atomic E-state index is 10.6. The van der Waals surface area contributed by atoms with E-state index in [4.69, 9.17) is 15.6 Å². The van der Waals surface area contributed by atoms with Gasteiger partial charge in [0.15, 0.2) is 0 Å². The number of carboxylic acid groups (broad SMARTS) is 1. The number of hydrogen-bond acceptors (Lipinski definition) is 4. The minimum absolute atomic E-state index is 0.454.